The minimum absolute atomic E-state index is 0.169. The lowest BCUT2D eigenvalue weighted by atomic mass is 9.51. The molecule has 4 aliphatic carbocycles. The Morgan fingerprint density at radius 1 is 1.06 bits per heavy atom. The Kier molecular flexibility index (Phi) is 2.26. The van der Waals surface area contributed by atoms with Crippen LogP contribution in [0.2, 0.25) is 0 Å². The Morgan fingerprint density at radius 3 is 2.24 bits per heavy atom. The van der Waals surface area contributed by atoms with Crippen LogP contribution in [0.15, 0.2) is 5.16 Å². The molecule has 4 bridgehead atoms. The van der Waals surface area contributed by atoms with Crippen LogP contribution in [0.5, 0.6) is 0 Å². The van der Waals surface area contributed by atoms with Crippen molar-refractivity contribution in [2.24, 2.45) is 40.5 Å². The van der Waals surface area contributed by atoms with Gasteiger partial charge in [-0.25, -0.2) is 0 Å². The molecule has 0 aromatic heterocycles. The summed E-state index contributed by atoms with van der Waals surface area (Å²) in [5.41, 5.74) is 7.03. The number of hydrogen-bond donors (Lipinski definition) is 1. The number of rotatable bonds is 2. The van der Waals surface area contributed by atoms with Crippen LogP contribution in [-0.4, -0.2) is 18.4 Å². The molecule has 1 unspecified atom stereocenters. The van der Waals surface area contributed by atoms with Gasteiger partial charge in [0.2, 0.25) is 0 Å². The maximum atomic E-state index is 5.67. The van der Waals surface area contributed by atoms with Crippen LogP contribution >= 0.6 is 0 Å². The quantitative estimate of drug-likeness (QED) is 0.796. The summed E-state index contributed by atoms with van der Waals surface area (Å²) in [6.07, 6.45) is 8.54. The summed E-state index contributed by atoms with van der Waals surface area (Å²) in [6, 6.07) is 0. The van der Waals surface area contributed by atoms with Crippen LogP contribution in [0.4, 0.5) is 0 Å². The van der Waals surface area contributed by atoms with E-state index in [4.69, 9.17) is 10.6 Å². The zero-order chi connectivity index (χ0) is 11.4. The summed E-state index contributed by atoms with van der Waals surface area (Å²) in [4.78, 5) is 5.43. The molecular weight excluding hydrogens is 212 g/mol. The zero-order valence-electron chi connectivity index (χ0n) is 10.3. The van der Waals surface area contributed by atoms with Crippen molar-refractivity contribution >= 4 is 5.71 Å². The topological polar surface area (TPSA) is 47.6 Å². The number of nitrogens with two attached hydrogens (primary N) is 1. The van der Waals surface area contributed by atoms with Crippen LogP contribution in [0, 0.1) is 29.6 Å². The van der Waals surface area contributed by atoms with Crippen LogP contribution < -0.4 is 5.73 Å². The lowest BCUT2D eigenvalue weighted by Gasteiger charge is -2.54. The van der Waals surface area contributed by atoms with E-state index >= 15 is 0 Å². The molecule has 0 amide bonds. The van der Waals surface area contributed by atoms with Crippen LogP contribution in [0.3, 0.4) is 0 Å². The zero-order valence-corrected chi connectivity index (χ0v) is 10.3. The van der Waals surface area contributed by atoms with Gasteiger partial charge in [0.1, 0.15) is 6.10 Å². The van der Waals surface area contributed by atoms with Crippen LogP contribution in [-0.2, 0) is 4.84 Å². The van der Waals surface area contributed by atoms with E-state index in [2.05, 4.69) is 5.16 Å². The van der Waals surface area contributed by atoms with Crippen molar-refractivity contribution < 1.29 is 4.84 Å². The van der Waals surface area contributed by atoms with Gasteiger partial charge in [0.25, 0.3) is 0 Å². The molecule has 0 aromatic carbocycles. The fourth-order valence-corrected chi connectivity index (χ4v) is 5.24. The molecule has 17 heavy (non-hydrogen) atoms. The maximum Gasteiger partial charge on any atom is 0.145 e. The Morgan fingerprint density at radius 2 is 1.71 bits per heavy atom. The third kappa shape index (κ3) is 1.55. The van der Waals surface area contributed by atoms with Gasteiger partial charge in [-0.2, -0.15) is 0 Å². The molecule has 2 N–H and O–H groups in total. The molecule has 1 aliphatic heterocycles. The first-order valence-electron chi connectivity index (χ1n) is 7.26. The van der Waals surface area contributed by atoms with Gasteiger partial charge in [0.15, 0.2) is 0 Å². The van der Waals surface area contributed by atoms with Gasteiger partial charge in [0.05, 0.1) is 5.71 Å². The molecule has 0 saturated heterocycles. The number of nitrogens with zero attached hydrogens (tertiary/aromatic N) is 1. The van der Waals surface area contributed by atoms with Crippen molar-refractivity contribution in [2.45, 2.75) is 44.6 Å². The second-order valence-electron chi connectivity index (χ2n) is 6.71. The molecule has 1 atom stereocenters. The highest BCUT2D eigenvalue weighted by atomic mass is 16.6. The molecule has 0 spiro atoms. The molecule has 1 heterocycles. The van der Waals surface area contributed by atoms with Crippen LogP contribution in [0.1, 0.15) is 38.5 Å². The van der Waals surface area contributed by atoms with E-state index in [1.165, 1.54) is 37.8 Å². The molecule has 3 nitrogen and oxygen atoms in total. The Bertz CT molecular complexity index is 324. The summed E-state index contributed by atoms with van der Waals surface area (Å²) in [5, 5.41) is 4.37. The van der Waals surface area contributed by atoms with E-state index in [1.807, 2.05) is 0 Å². The summed E-state index contributed by atoms with van der Waals surface area (Å²) in [6.45, 7) is 0.611. The van der Waals surface area contributed by atoms with Crippen molar-refractivity contribution in [3.63, 3.8) is 0 Å². The van der Waals surface area contributed by atoms with Gasteiger partial charge in [0, 0.05) is 18.9 Å². The molecule has 94 valence electrons. The Hall–Kier alpha value is -0.570. The number of oxime groups is 1. The molecular formula is C14H22N2O. The first-order chi connectivity index (χ1) is 8.33. The van der Waals surface area contributed by atoms with E-state index in [9.17, 15) is 0 Å². The van der Waals surface area contributed by atoms with Gasteiger partial charge >= 0.3 is 0 Å². The van der Waals surface area contributed by atoms with Crippen molar-refractivity contribution in [1.29, 1.82) is 0 Å². The normalized spacial score (nSPS) is 51.5. The van der Waals surface area contributed by atoms with Crippen molar-refractivity contribution in [3.05, 3.63) is 0 Å². The SMILES string of the molecule is NCC1CC(C2C3CC4CC(C3)CC2C4)=NO1. The number of hydrogen-bond acceptors (Lipinski definition) is 3. The average molecular weight is 234 g/mol. The maximum absolute atomic E-state index is 5.67. The predicted octanol–water partition coefficient (Wildman–Crippen LogP) is 2.16. The monoisotopic (exact) mass is 234 g/mol. The van der Waals surface area contributed by atoms with Gasteiger partial charge < -0.3 is 10.6 Å². The molecule has 4 saturated carbocycles. The van der Waals surface area contributed by atoms with E-state index < -0.39 is 0 Å². The second kappa shape index (κ2) is 3.71. The minimum Gasteiger partial charge on any atom is -0.391 e. The summed E-state index contributed by atoms with van der Waals surface area (Å²) >= 11 is 0. The average Bonchev–Trinajstić information content (AvgIpc) is 2.76. The highest BCUT2D eigenvalue weighted by Crippen LogP contribution is 2.57. The predicted molar refractivity (Wildman–Crippen MR) is 66.5 cm³/mol. The van der Waals surface area contributed by atoms with Crippen molar-refractivity contribution in [3.8, 4) is 0 Å². The fraction of sp³-hybridized carbons (Fsp3) is 0.929. The van der Waals surface area contributed by atoms with E-state index in [0.717, 1.165) is 36.0 Å². The molecule has 5 aliphatic rings. The Labute approximate surface area is 103 Å². The van der Waals surface area contributed by atoms with Crippen molar-refractivity contribution in [2.75, 3.05) is 6.54 Å². The summed E-state index contributed by atoms with van der Waals surface area (Å²) in [5.74, 6) is 4.68. The largest absolute Gasteiger partial charge is 0.391 e. The van der Waals surface area contributed by atoms with Gasteiger partial charge in [-0.1, -0.05) is 5.16 Å². The van der Waals surface area contributed by atoms with Gasteiger partial charge in [-0.05, 0) is 55.8 Å². The minimum atomic E-state index is 0.169. The fourth-order valence-electron chi connectivity index (χ4n) is 5.24. The highest BCUT2D eigenvalue weighted by Gasteiger charge is 2.50. The third-order valence-corrected chi connectivity index (χ3v) is 5.63. The van der Waals surface area contributed by atoms with E-state index in [-0.39, 0.29) is 6.10 Å². The second-order valence-corrected chi connectivity index (χ2v) is 6.71. The lowest BCUT2D eigenvalue weighted by molar-refractivity contribution is -0.00896. The standard InChI is InChI=1S/C14H22N2O/c15-7-12-6-13(16-17-12)14-10-2-8-1-9(4-10)5-11(14)3-8/h8-12,14H,1-7,15H2. The first-order valence-corrected chi connectivity index (χ1v) is 7.26. The smallest absolute Gasteiger partial charge is 0.145 e. The van der Waals surface area contributed by atoms with Crippen LogP contribution in [0.25, 0.3) is 0 Å². The highest BCUT2D eigenvalue weighted by molar-refractivity contribution is 5.88. The first kappa shape index (κ1) is 10.4. The van der Waals surface area contributed by atoms with Gasteiger partial charge in [-0.15, -0.1) is 0 Å². The van der Waals surface area contributed by atoms with Crippen molar-refractivity contribution in [1.82, 2.24) is 0 Å². The Balaban J connectivity index is 1.55. The lowest BCUT2D eigenvalue weighted by Crippen LogP contribution is -2.48. The molecule has 4 fully saturated rings. The molecule has 5 rings (SSSR count). The van der Waals surface area contributed by atoms with E-state index in [1.54, 1.807) is 0 Å². The molecule has 0 radical (unpaired) electrons. The summed E-state index contributed by atoms with van der Waals surface area (Å²) in [7, 11) is 0. The molecule has 3 heteroatoms. The summed E-state index contributed by atoms with van der Waals surface area (Å²) < 4.78 is 0. The third-order valence-electron chi connectivity index (χ3n) is 5.63. The molecule has 0 aromatic rings. The van der Waals surface area contributed by atoms with E-state index in [0.29, 0.717) is 6.54 Å². The van der Waals surface area contributed by atoms with Gasteiger partial charge in [-0.3, -0.25) is 0 Å².